The Morgan fingerprint density at radius 1 is 1.29 bits per heavy atom. The molecule has 0 atom stereocenters. The molecule has 1 N–H and O–H groups in total. The van der Waals surface area contributed by atoms with E-state index in [0.29, 0.717) is 16.8 Å². The third-order valence-corrected chi connectivity index (χ3v) is 4.34. The molecule has 1 aromatic heterocycles. The summed E-state index contributed by atoms with van der Waals surface area (Å²) in [4.78, 5) is 11.7. The highest BCUT2D eigenvalue weighted by Crippen LogP contribution is 2.27. The Kier molecular flexibility index (Phi) is 5.47. The Hall–Kier alpha value is -1.27. The molecule has 112 valence electrons. The minimum Gasteiger partial charge on any atom is -0.459 e. The van der Waals surface area contributed by atoms with Crippen LogP contribution in [0.5, 0.6) is 0 Å². The Bertz CT molecular complexity index is 601. The van der Waals surface area contributed by atoms with E-state index in [2.05, 4.69) is 37.2 Å². The number of esters is 1. The summed E-state index contributed by atoms with van der Waals surface area (Å²) in [5, 5.41) is 3.22. The van der Waals surface area contributed by atoms with Gasteiger partial charge in [0.05, 0.1) is 22.7 Å². The number of carbonyl (C=O) groups is 1. The molecule has 0 aliphatic carbocycles. The van der Waals surface area contributed by atoms with Gasteiger partial charge in [-0.2, -0.15) is 0 Å². The van der Waals surface area contributed by atoms with Crippen LogP contribution < -0.4 is 5.32 Å². The molecule has 0 aliphatic rings. The molecular formula is C15H15Br2NO3. The van der Waals surface area contributed by atoms with Gasteiger partial charge in [-0.25, -0.2) is 4.79 Å². The molecule has 0 unspecified atom stereocenters. The second-order valence-electron chi connectivity index (χ2n) is 4.72. The first-order valence-electron chi connectivity index (χ1n) is 6.44. The zero-order valence-corrected chi connectivity index (χ0v) is 14.8. The molecular weight excluding hydrogens is 402 g/mol. The van der Waals surface area contributed by atoms with Gasteiger partial charge < -0.3 is 14.5 Å². The predicted molar refractivity (Wildman–Crippen MR) is 88.4 cm³/mol. The van der Waals surface area contributed by atoms with Gasteiger partial charge in [0.2, 0.25) is 0 Å². The van der Waals surface area contributed by atoms with Crippen molar-refractivity contribution in [2.45, 2.75) is 26.5 Å². The predicted octanol–water partition coefficient (Wildman–Crippen LogP) is 4.98. The number of furan rings is 1. The molecule has 0 spiro atoms. The van der Waals surface area contributed by atoms with Crippen LogP contribution in [0.2, 0.25) is 0 Å². The lowest BCUT2D eigenvalue weighted by Crippen LogP contribution is -2.11. The number of carbonyl (C=O) groups excluding carboxylic acids is 1. The van der Waals surface area contributed by atoms with Gasteiger partial charge >= 0.3 is 5.97 Å². The van der Waals surface area contributed by atoms with Crippen molar-refractivity contribution < 1.29 is 13.9 Å². The van der Waals surface area contributed by atoms with E-state index in [4.69, 9.17) is 9.15 Å². The monoisotopic (exact) mass is 415 g/mol. The van der Waals surface area contributed by atoms with E-state index >= 15 is 0 Å². The maximum absolute atomic E-state index is 11.7. The lowest BCUT2D eigenvalue weighted by atomic mass is 10.2. The molecule has 1 aromatic carbocycles. The summed E-state index contributed by atoms with van der Waals surface area (Å²) in [6.07, 6.45) is -0.119. The standard InChI is InChI=1S/C15H15Br2NO3/c1-9(2)20-15(19)10-3-5-11(6-4-10)18-8-12-7-13(16)14(17)21-12/h3-7,9,18H,8H2,1-2H3. The maximum Gasteiger partial charge on any atom is 0.338 e. The average Bonchev–Trinajstić information content (AvgIpc) is 2.75. The van der Waals surface area contributed by atoms with Crippen LogP contribution >= 0.6 is 31.9 Å². The molecule has 4 nitrogen and oxygen atoms in total. The van der Waals surface area contributed by atoms with Gasteiger partial charge in [0.15, 0.2) is 4.67 Å². The van der Waals surface area contributed by atoms with Crippen LogP contribution in [0.25, 0.3) is 0 Å². The SMILES string of the molecule is CC(C)OC(=O)c1ccc(NCc2cc(Br)c(Br)o2)cc1. The van der Waals surface area contributed by atoms with Crippen molar-refractivity contribution in [3.8, 4) is 0 Å². The maximum atomic E-state index is 11.7. The molecule has 0 bridgehead atoms. The van der Waals surface area contributed by atoms with E-state index in [9.17, 15) is 4.79 Å². The zero-order valence-electron chi connectivity index (χ0n) is 11.7. The number of hydrogen-bond donors (Lipinski definition) is 1. The number of hydrogen-bond acceptors (Lipinski definition) is 4. The molecule has 0 aliphatic heterocycles. The smallest absolute Gasteiger partial charge is 0.338 e. The highest BCUT2D eigenvalue weighted by atomic mass is 79.9. The molecule has 0 saturated carbocycles. The second-order valence-corrected chi connectivity index (χ2v) is 6.29. The Morgan fingerprint density at radius 3 is 2.48 bits per heavy atom. The molecule has 0 fully saturated rings. The molecule has 0 amide bonds. The van der Waals surface area contributed by atoms with Crippen LogP contribution in [-0.4, -0.2) is 12.1 Å². The van der Waals surface area contributed by atoms with Crippen LogP contribution in [0.3, 0.4) is 0 Å². The lowest BCUT2D eigenvalue weighted by molar-refractivity contribution is 0.0378. The molecule has 6 heteroatoms. The number of rotatable bonds is 5. The quantitative estimate of drug-likeness (QED) is 0.698. The average molecular weight is 417 g/mol. The summed E-state index contributed by atoms with van der Waals surface area (Å²) in [6, 6.07) is 9.04. The highest BCUT2D eigenvalue weighted by molar-refractivity contribution is 9.13. The van der Waals surface area contributed by atoms with Crippen molar-refractivity contribution in [3.63, 3.8) is 0 Å². The molecule has 0 radical (unpaired) electrons. The van der Waals surface area contributed by atoms with Crippen molar-refractivity contribution >= 4 is 43.5 Å². The van der Waals surface area contributed by atoms with Gasteiger partial charge in [-0.15, -0.1) is 0 Å². The zero-order chi connectivity index (χ0) is 15.4. The van der Waals surface area contributed by atoms with Gasteiger partial charge in [-0.1, -0.05) is 0 Å². The van der Waals surface area contributed by atoms with Crippen LogP contribution in [0.1, 0.15) is 30.0 Å². The van der Waals surface area contributed by atoms with E-state index in [1.807, 2.05) is 32.0 Å². The summed E-state index contributed by atoms with van der Waals surface area (Å²) >= 11 is 6.66. The van der Waals surface area contributed by atoms with E-state index < -0.39 is 0 Å². The fraction of sp³-hybridized carbons (Fsp3) is 0.267. The number of nitrogens with one attached hydrogen (secondary N) is 1. The highest BCUT2D eigenvalue weighted by Gasteiger charge is 2.09. The number of benzene rings is 1. The molecule has 1 heterocycles. The van der Waals surface area contributed by atoms with Crippen molar-refractivity contribution in [2.75, 3.05) is 5.32 Å². The van der Waals surface area contributed by atoms with Crippen molar-refractivity contribution in [2.24, 2.45) is 0 Å². The second kappa shape index (κ2) is 7.13. The lowest BCUT2D eigenvalue weighted by Gasteiger charge is -2.09. The number of ether oxygens (including phenoxy) is 1. The van der Waals surface area contributed by atoms with E-state index in [-0.39, 0.29) is 12.1 Å². The summed E-state index contributed by atoms with van der Waals surface area (Å²) in [6.45, 7) is 4.21. The van der Waals surface area contributed by atoms with Crippen molar-refractivity contribution in [1.82, 2.24) is 0 Å². The van der Waals surface area contributed by atoms with E-state index in [1.54, 1.807) is 12.1 Å². The Balaban J connectivity index is 1.94. The molecule has 2 rings (SSSR count). The fourth-order valence-electron chi connectivity index (χ4n) is 1.67. The van der Waals surface area contributed by atoms with Gasteiger partial charge in [-0.05, 0) is 76.0 Å². The first kappa shape index (κ1) is 16.1. The fourth-order valence-corrected chi connectivity index (χ4v) is 2.33. The number of halogens is 2. The summed E-state index contributed by atoms with van der Waals surface area (Å²) < 4.78 is 12.2. The minimum absolute atomic E-state index is 0.119. The topological polar surface area (TPSA) is 51.5 Å². The molecule has 21 heavy (non-hydrogen) atoms. The summed E-state index contributed by atoms with van der Waals surface area (Å²) in [5.74, 6) is 0.493. The van der Waals surface area contributed by atoms with Gasteiger partial charge in [-0.3, -0.25) is 0 Å². The first-order chi connectivity index (χ1) is 9.95. The number of anilines is 1. The third-order valence-electron chi connectivity index (χ3n) is 2.63. The van der Waals surface area contributed by atoms with Crippen LogP contribution in [0.15, 0.2) is 43.9 Å². The Morgan fingerprint density at radius 2 is 1.95 bits per heavy atom. The normalized spacial score (nSPS) is 10.7. The van der Waals surface area contributed by atoms with E-state index in [1.165, 1.54) is 0 Å². The largest absolute Gasteiger partial charge is 0.459 e. The van der Waals surface area contributed by atoms with Crippen LogP contribution in [0, 0.1) is 0 Å². The van der Waals surface area contributed by atoms with Gasteiger partial charge in [0.25, 0.3) is 0 Å². The van der Waals surface area contributed by atoms with Crippen molar-refractivity contribution in [3.05, 3.63) is 50.8 Å². The van der Waals surface area contributed by atoms with Gasteiger partial charge in [0.1, 0.15) is 5.76 Å². The van der Waals surface area contributed by atoms with E-state index in [0.717, 1.165) is 15.9 Å². The minimum atomic E-state index is -0.310. The van der Waals surface area contributed by atoms with Gasteiger partial charge in [0, 0.05) is 5.69 Å². The van der Waals surface area contributed by atoms with Crippen molar-refractivity contribution in [1.29, 1.82) is 0 Å². The summed E-state index contributed by atoms with van der Waals surface area (Å²) in [7, 11) is 0. The Labute approximate surface area is 140 Å². The third kappa shape index (κ3) is 4.61. The molecule has 2 aromatic rings. The molecule has 0 saturated heterocycles. The first-order valence-corrected chi connectivity index (χ1v) is 8.03. The van der Waals surface area contributed by atoms with Crippen LogP contribution in [-0.2, 0) is 11.3 Å². The van der Waals surface area contributed by atoms with Crippen LogP contribution in [0.4, 0.5) is 5.69 Å². The summed E-state index contributed by atoms with van der Waals surface area (Å²) in [5.41, 5.74) is 1.44.